The van der Waals surface area contributed by atoms with Gasteiger partial charge < -0.3 is 15.0 Å². The Balaban J connectivity index is 1.32. The fourth-order valence-electron chi connectivity index (χ4n) is 3.99. The van der Waals surface area contributed by atoms with Crippen molar-refractivity contribution in [1.82, 2.24) is 14.7 Å². The molecule has 176 valence electrons. The van der Waals surface area contributed by atoms with Crippen molar-refractivity contribution in [2.24, 2.45) is 5.92 Å². The van der Waals surface area contributed by atoms with Crippen molar-refractivity contribution < 1.29 is 19.1 Å². The molecule has 0 spiro atoms. The van der Waals surface area contributed by atoms with Gasteiger partial charge in [0.05, 0.1) is 28.7 Å². The number of nitrogens with one attached hydrogen (secondary N) is 1. The van der Waals surface area contributed by atoms with Crippen LogP contribution in [0.3, 0.4) is 0 Å². The molecule has 1 aliphatic rings. The Morgan fingerprint density at radius 1 is 1.12 bits per heavy atom. The third-order valence-corrected chi connectivity index (χ3v) is 6.14. The van der Waals surface area contributed by atoms with E-state index >= 15 is 0 Å². The van der Waals surface area contributed by atoms with Crippen LogP contribution in [0.1, 0.15) is 23.4 Å². The maximum absolute atomic E-state index is 12.5. The standard InChI is InChI=1S/C25H25ClN4O4/c1-16-24(17(2)30(28-16)20-9-4-3-5-10-20)27-22(31)15-34-25(33)19-12-23(32)29(14-19)13-18-8-6-7-11-21(18)26/h3-11,19H,12-15H2,1-2H3,(H,27,31)/t19-/m1/s1. The van der Waals surface area contributed by atoms with Crippen LogP contribution in [-0.4, -0.2) is 45.6 Å². The van der Waals surface area contributed by atoms with E-state index in [-0.39, 0.29) is 18.9 Å². The normalized spacial score (nSPS) is 15.4. The summed E-state index contributed by atoms with van der Waals surface area (Å²) in [5, 5.41) is 7.84. The smallest absolute Gasteiger partial charge is 0.311 e. The maximum Gasteiger partial charge on any atom is 0.311 e. The Labute approximate surface area is 202 Å². The van der Waals surface area contributed by atoms with Crippen molar-refractivity contribution in [3.05, 3.63) is 76.6 Å². The van der Waals surface area contributed by atoms with Gasteiger partial charge in [0.1, 0.15) is 0 Å². The van der Waals surface area contributed by atoms with E-state index < -0.39 is 24.4 Å². The molecule has 0 unspecified atom stereocenters. The van der Waals surface area contributed by atoms with Crippen molar-refractivity contribution in [3.8, 4) is 5.69 Å². The minimum atomic E-state index is -0.618. The van der Waals surface area contributed by atoms with Crippen LogP contribution in [0.2, 0.25) is 5.02 Å². The minimum absolute atomic E-state index is 0.0486. The van der Waals surface area contributed by atoms with Crippen molar-refractivity contribution in [3.63, 3.8) is 0 Å². The fraction of sp³-hybridized carbons (Fsp3) is 0.280. The van der Waals surface area contributed by atoms with Gasteiger partial charge in [0, 0.05) is 24.5 Å². The Kier molecular flexibility index (Phi) is 6.98. The number of para-hydroxylation sites is 1. The van der Waals surface area contributed by atoms with Crippen LogP contribution in [0.4, 0.5) is 5.69 Å². The highest BCUT2D eigenvalue weighted by Gasteiger charge is 2.35. The molecule has 2 amide bonds. The van der Waals surface area contributed by atoms with Crippen LogP contribution in [0.15, 0.2) is 54.6 Å². The number of carbonyl (C=O) groups excluding carboxylic acids is 3. The molecule has 0 radical (unpaired) electrons. The Morgan fingerprint density at radius 2 is 1.82 bits per heavy atom. The number of amides is 2. The lowest BCUT2D eigenvalue weighted by atomic mass is 10.1. The largest absolute Gasteiger partial charge is 0.455 e. The van der Waals surface area contributed by atoms with Crippen molar-refractivity contribution >= 4 is 35.1 Å². The van der Waals surface area contributed by atoms with E-state index in [0.29, 0.717) is 22.9 Å². The van der Waals surface area contributed by atoms with Gasteiger partial charge in [-0.25, -0.2) is 4.68 Å². The van der Waals surface area contributed by atoms with Crippen molar-refractivity contribution in [2.75, 3.05) is 18.5 Å². The first-order chi connectivity index (χ1) is 16.3. The summed E-state index contributed by atoms with van der Waals surface area (Å²) in [6.07, 6.45) is 0.0486. The molecule has 1 atom stereocenters. The summed E-state index contributed by atoms with van der Waals surface area (Å²) in [6, 6.07) is 16.8. The van der Waals surface area contributed by atoms with Crippen LogP contribution in [0, 0.1) is 19.8 Å². The predicted octanol–water partition coefficient (Wildman–Crippen LogP) is 3.67. The summed E-state index contributed by atoms with van der Waals surface area (Å²) < 4.78 is 6.96. The molecular weight excluding hydrogens is 456 g/mol. The van der Waals surface area contributed by atoms with Gasteiger partial charge in [-0.1, -0.05) is 48.0 Å². The lowest BCUT2D eigenvalue weighted by molar-refractivity contribution is -0.151. The zero-order valence-electron chi connectivity index (χ0n) is 19.0. The van der Waals surface area contributed by atoms with E-state index in [2.05, 4.69) is 10.4 Å². The Bertz CT molecular complexity index is 1220. The average molecular weight is 481 g/mol. The van der Waals surface area contributed by atoms with Gasteiger partial charge in [-0.05, 0) is 37.6 Å². The van der Waals surface area contributed by atoms with Gasteiger partial charge in [-0.3, -0.25) is 14.4 Å². The number of halogens is 1. The predicted molar refractivity (Wildman–Crippen MR) is 128 cm³/mol. The van der Waals surface area contributed by atoms with E-state index in [1.807, 2.05) is 55.5 Å². The van der Waals surface area contributed by atoms with Gasteiger partial charge in [-0.15, -0.1) is 0 Å². The summed E-state index contributed by atoms with van der Waals surface area (Å²) in [7, 11) is 0. The summed E-state index contributed by atoms with van der Waals surface area (Å²) >= 11 is 6.18. The zero-order valence-corrected chi connectivity index (χ0v) is 19.7. The molecular formula is C25H25ClN4O4. The minimum Gasteiger partial charge on any atom is -0.455 e. The first-order valence-corrected chi connectivity index (χ1v) is 11.3. The van der Waals surface area contributed by atoms with Crippen molar-refractivity contribution in [1.29, 1.82) is 0 Å². The second-order valence-corrected chi connectivity index (χ2v) is 8.62. The number of likely N-dealkylation sites (tertiary alicyclic amines) is 1. The molecule has 0 saturated carbocycles. The molecule has 1 N–H and O–H groups in total. The molecule has 2 heterocycles. The van der Waals surface area contributed by atoms with Gasteiger partial charge in [0.2, 0.25) is 5.91 Å². The number of carbonyl (C=O) groups is 3. The number of esters is 1. The monoisotopic (exact) mass is 480 g/mol. The van der Waals surface area contributed by atoms with E-state index in [1.165, 1.54) is 0 Å². The lowest BCUT2D eigenvalue weighted by Gasteiger charge is -2.17. The quantitative estimate of drug-likeness (QED) is 0.521. The molecule has 1 aromatic heterocycles. The molecule has 3 aromatic rings. The average Bonchev–Trinajstić information content (AvgIpc) is 3.33. The summed E-state index contributed by atoms with van der Waals surface area (Å²) in [5.74, 6) is -1.80. The van der Waals surface area contributed by atoms with Gasteiger partial charge >= 0.3 is 5.97 Å². The molecule has 1 saturated heterocycles. The number of nitrogens with zero attached hydrogens (tertiary/aromatic N) is 3. The molecule has 1 fully saturated rings. The molecule has 0 aliphatic carbocycles. The molecule has 8 nitrogen and oxygen atoms in total. The van der Waals surface area contributed by atoms with E-state index in [1.54, 1.807) is 22.6 Å². The van der Waals surface area contributed by atoms with Crippen LogP contribution >= 0.6 is 11.6 Å². The number of aryl methyl sites for hydroxylation is 1. The van der Waals surface area contributed by atoms with E-state index in [4.69, 9.17) is 16.3 Å². The number of benzene rings is 2. The van der Waals surface area contributed by atoms with E-state index in [9.17, 15) is 14.4 Å². The second-order valence-electron chi connectivity index (χ2n) is 8.22. The number of hydrogen-bond acceptors (Lipinski definition) is 5. The molecule has 34 heavy (non-hydrogen) atoms. The molecule has 2 aromatic carbocycles. The number of aromatic nitrogens is 2. The molecule has 1 aliphatic heterocycles. The number of anilines is 1. The number of rotatable bonds is 7. The number of ether oxygens (including phenoxy) is 1. The first-order valence-electron chi connectivity index (χ1n) is 10.9. The van der Waals surface area contributed by atoms with Gasteiger partial charge in [-0.2, -0.15) is 5.10 Å². The van der Waals surface area contributed by atoms with Crippen LogP contribution in [0.5, 0.6) is 0 Å². The van der Waals surface area contributed by atoms with Gasteiger partial charge in [0.25, 0.3) is 5.91 Å². The topological polar surface area (TPSA) is 93.5 Å². The highest BCUT2D eigenvalue weighted by Crippen LogP contribution is 2.25. The molecule has 0 bridgehead atoms. The summed E-state index contributed by atoms with van der Waals surface area (Å²) in [6.45, 7) is 3.76. The lowest BCUT2D eigenvalue weighted by Crippen LogP contribution is -2.28. The third-order valence-electron chi connectivity index (χ3n) is 5.77. The second kappa shape index (κ2) is 10.1. The first kappa shape index (κ1) is 23.5. The molecule has 9 heteroatoms. The van der Waals surface area contributed by atoms with E-state index in [0.717, 1.165) is 16.9 Å². The number of hydrogen-bond donors (Lipinski definition) is 1. The highest BCUT2D eigenvalue weighted by atomic mass is 35.5. The van der Waals surface area contributed by atoms with Crippen LogP contribution in [-0.2, 0) is 25.7 Å². The zero-order chi connectivity index (χ0) is 24.2. The molecule has 4 rings (SSSR count). The fourth-order valence-corrected chi connectivity index (χ4v) is 4.18. The SMILES string of the molecule is Cc1nn(-c2ccccc2)c(C)c1NC(=O)COC(=O)[C@@H]1CC(=O)N(Cc2ccccc2Cl)C1. The van der Waals surface area contributed by atoms with Crippen LogP contribution in [0.25, 0.3) is 5.69 Å². The third kappa shape index (κ3) is 5.12. The Hall–Kier alpha value is -3.65. The van der Waals surface area contributed by atoms with Gasteiger partial charge in [0.15, 0.2) is 6.61 Å². The summed E-state index contributed by atoms with van der Waals surface area (Å²) in [5.41, 5.74) is 3.68. The van der Waals surface area contributed by atoms with Crippen LogP contribution < -0.4 is 5.32 Å². The summed E-state index contributed by atoms with van der Waals surface area (Å²) in [4.78, 5) is 38.9. The Morgan fingerprint density at radius 3 is 2.56 bits per heavy atom. The highest BCUT2D eigenvalue weighted by molar-refractivity contribution is 6.31. The maximum atomic E-state index is 12.5. The van der Waals surface area contributed by atoms with Crippen molar-refractivity contribution in [2.45, 2.75) is 26.8 Å².